The molecule has 0 amide bonds. The fraction of sp³-hybridized carbons (Fsp3) is 0. The number of fused-ring (bicyclic) bond motifs is 1. The fourth-order valence-corrected chi connectivity index (χ4v) is 1.83. The lowest BCUT2D eigenvalue weighted by molar-refractivity contribution is 0.0697. The van der Waals surface area contributed by atoms with Crippen molar-refractivity contribution >= 4 is 29.2 Å². The van der Waals surface area contributed by atoms with Gasteiger partial charge in [0.2, 0.25) is 0 Å². The Hall–Kier alpha value is -2.95. The van der Waals surface area contributed by atoms with Crippen molar-refractivity contribution in [1.82, 2.24) is 10.3 Å². The second-order valence-corrected chi connectivity index (χ2v) is 4.27. The molecule has 0 aliphatic rings. The summed E-state index contributed by atoms with van der Waals surface area (Å²) in [5, 5.41) is 16.3. The summed E-state index contributed by atoms with van der Waals surface area (Å²) >= 11 is 0. The monoisotopic (exact) mass is 266 g/mol. The van der Waals surface area contributed by atoms with Crippen LogP contribution in [0, 0.1) is 0 Å². The van der Waals surface area contributed by atoms with Crippen LogP contribution in [0.4, 0.5) is 0 Å². The average molecular weight is 266 g/mol. The molecule has 1 heterocycles. The van der Waals surface area contributed by atoms with Gasteiger partial charge in [-0.1, -0.05) is 30.4 Å². The Morgan fingerprint density at radius 3 is 2.35 bits per heavy atom. The molecule has 3 aromatic rings. The van der Waals surface area contributed by atoms with E-state index in [-0.39, 0.29) is 5.56 Å². The highest BCUT2D eigenvalue weighted by Gasteiger charge is 2.01. The number of hydrogen-bond donors (Lipinski definition) is 1. The van der Waals surface area contributed by atoms with Crippen molar-refractivity contribution in [2.45, 2.75) is 0 Å². The number of carboxylic acids is 1. The molecule has 5 nitrogen and oxygen atoms in total. The van der Waals surface area contributed by atoms with E-state index in [4.69, 9.17) is 5.11 Å². The van der Waals surface area contributed by atoms with Crippen LogP contribution < -0.4 is 0 Å². The predicted octanol–water partition coefficient (Wildman–Crippen LogP) is 3.09. The first kappa shape index (κ1) is 12.1. The highest BCUT2D eigenvalue weighted by Crippen LogP contribution is 2.14. The number of benzene rings is 2. The molecule has 0 unspecified atom stereocenters. The largest absolute Gasteiger partial charge is 0.478 e. The first-order valence-electron chi connectivity index (χ1n) is 5.96. The molecule has 0 fully saturated rings. The number of nitrogens with zero attached hydrogens (tertiary/aromatic N) is 2. The van der Waals surface area contributed by atoms with Crippen LogP contribution >= 0.6 is 0 Å². The smallest absolute Gasteiger partial charge is 0.335 e. The molecule has 0 aliphatic carbocycles. The maximum absolute atomic E-state index is 10.8. The van der Waals surface area contributed by atoms with Gasteiger partial charge in [-0.05, 0) is 45.7 Å². The Morgan fingerprint density at radius 1 is 0.950 bits per heavy atom. The summed E-state index contributed by atoms with van der Waals surface area (Å²) < 4.78 is 4.64. The van der Waals surface area contributed by atoms with Crippen molar-refractivity contribution < 1.29 is 14.5 Å². The summed E-state index contributed by atoms with van der Waals surface area (Å²) in [5.74, 6) is -0.926. The quantitative estimate of drug-likeness (QED) is 0.737. The predicted molar refractivity (Wildman–Crippen MR) is 74.1 cm³/mol. The molecule has 0 saturated carbocycles. The Labute approximate surface area is 114 Å². The Bertz CT molecular complexity index is 788. The third-order valence-corrected chi connectivity index (χ3v) is 2.90. The van der Waals surface area contributed by atoms with Crippen LogP contribution in [0.15, 0.2) is 47.1 Å². The van der Waals surface area contributed by atoms with Crippen molar-refractivity contribution in [3.8, 4) is 0 Å². The van der Waals surface area contributed by atoms with Crippen LogP contribution in [0.1, 0.15) is 21.5 Å². The maximum atomic E-state index is 10.8. The van der Waals surface area contributed by atoms with Gasteiger partial charge in [-0.3, -0.25) is 0 Å². The third-order valence-electron chi connectivity index (χ3n) is 2.90. The molecule has 0 saturated heterocycles. The van der Waals surface area contributed by atoms with E-state index in [0.717, 1.165) is 11.1 Å². The van der Waals surface area contributed by atoms with E-state index in [1.54, 1.807) is 24.3 Å². The molecule has 5 heteroatoms. The highest BCUT2D eigenvalue weighted by atomic mass is 16.6. The van der Waals surface area contributed by atoms with Crippen LogP contribution in [-0.2, 0) is 0 Å². The lowest BCUT2D eigenvalue weighted by Crippen LogP contribution is -1.94. The zero-order chi connectivity index (χ0) is 13.9. The fourth-order valence-electron chi connectivity index (χ4n) is 1.83. The van der Waals surface area contributed by atoms with E-state index in [9.17, 15) is 4.79 Å². The summed E-state index contributed by atoms with van der Waals surface area (Å²) in [4.78, 5) is 10.8. The molecule has 3 rings (SSSR count). The molecule has 20 heavy (non-hydrogen) atoms. The molecule has 0 aliphatic heterocycles. The molecular weight excluding hydrogens is 256 g/mol. The summed E-state index contributed by atoms with van der Waals surface area (Å²) in [6.45, 7) is 0. The van der Waals surface area contributed by atoms with Crippen molar-refractivity contribution in [3.63, 3.8) is 0 Å². The van der Waals surface area contributed by atoms with Gasteiger partial charge in [-0.25, -0.2) is 9.42 Å². The van der Waals surface area contributed by atoms with E-state index in [2.05, 4.69) is 14.9 Å². The summed E-state index contributed by atoms with van der Waals surface area (Å²) in [6.07, 6.45) is 3.82. The zero-order valence-electron chi connectivity index (χ0n) is 10.4. The van der Waals surface area contributed by atoms with Crippen molar-refractivity contribution in [2.75, 3.05) is 0 Å². The molecule has 0 radical (unpaired) electrons. The molecule has 2 aromatic carbocycles. The molecular formula is C15H10N2O3. The molecule has 0 bridgehead atoms. The van der Waals surface area contributed by atoms with E-state index in [1.807, 2.05) is 30.4 Å². The van der Waals surface area contributed by atoms with Gasteiger partial charge in [0.1, 0.15) is 11.0 Å². The van der Waals surface area contributed by atoms with Crippen molar-refractivity contribution in [2.24, 2.45) is 0 Å². The second-order valence-electron chi connectivity index (χ2n) is 4.27. The number of aromatic carboxylic acids is 1. The Kier molecular flexibility index (Phi) is 3.01. The van der Waals surface area contributed by atoms with Gasteiger partial charge in [0, 0.05) is 0 Å². The van der Waals surface area contributed by atoms with Gasteiger partial charge in [0.25, 0.3) is 0 Å². The van der Waals surface area contributed by atoms with Gasteiger partial charge < -0.3 is 5.11 Å². The summed E-state index contributed by atoms with van der Waals surface area (Å²) in [7, 11) is 0. The van der Waals surface area contributed by atoms with E-state index >= 15 is 0 Å². The standard InChI is InChI=1S/C15H10N2O3/c18-15(19)12-6-3-10(4-7-12)1-2-11-5-8-13-14(9-11)17-20-16-13/h1-9H,(H,18,19)/b2-1+. The molecule has 1 aromatic heterocycles. The lowest BCUT2D eigenvalue weighted by Gasteiger charge is -1.96. The van der Waals surface area contributed by atoms with Crippen LogP contribution in [0.5, 0.6) is 0 Å². The number of carbonyl (C=O) groups is 1. The SMILES string of the molecule is O=C(O)c1ccc(/C=C/c2ccc3nonc3c2)cc1. The van der Waals surface area contributed by atoms with E-state index in [0.29, 0.717) is 11.0 Å². The zero-order valence-corrected chi connectivity index (χ0v) is 10.4. The minimum atomic E-state index is -0.926. The first-order chi connectivity index (χ1) is 9.72. The topological polar surface area (TPSA) is 76.2 Å². The Balaban J connectivity index is 1.83. The first-order valence-corrected chi connectivity index (χ1v) is 5.96. The number of rotatable bonds is 3. The minimum Gasteiger partial charge on any atom is -0.478 e. The number of aromatic nitrogens is 2. The molecule has 98 valence electrons. The molecule has 1 N–H and O–H groups in total. The highest BCUT2D eigenvalue weighted by molar-refractivity contribution is 5.88. The minimum absolute atomic E-state index is 0.275. The lowest BCUT2D eigenvalue weighted by atomic mass is 10.1. The van der Waals surface area contributed by atoms with Gasteiger partial charge in [0.15, 0.2) is 0 Å². The van der Waals surface area contributed by atoms with Crippen LogP contribution in [0.2, 0.25) is 0 Å². The van der Waals surface area contributed by atoms with Gasteiger partial charge in [-0.15, -0.1) is 0 Å². The third kappa shape index (κ3) is 2.42. The number of carboxylic acid groups (broad SMARTS) is 1. The summed E-state index contributed by atoms with van der Waals surface area (Å²) in [6, 6.07) is 12.3. The summed E-state index contributed by atoms with van der Waals surface area (Å²) in [5.41, 5.74) is 3.59. The van der Waals surface area contributed by atoms with Crippen LogP contribution in [0.3, 0.4) is 0 Å². The number of hydrogen-bond acceptors (Lipinski definition) is 4. The van der Waals surface area contributed by atoms with E-state index < -0.39 is 5.97 Å². The average Bonchev–Trinajstić information content (AvgIpc) is 2.93. The Morgan fingerprint density at radius 2 is 1.60 bits per heavy atom. The normalized spacial score (nSPS) is 11.2. The van der Waals surface area contributed by atoms with E-state index in [1.165, 1.54) is 0 Å². The van der Waals surface area contributed by atoms with Crippen LogP contribution in [-0.4, -0.2) is 21.4 Å². The maximum Gasteiger partial charge on any atom is 0.335 e. The van der Waals surface area contributed by atoms with Crippen LogP contribution in [0.25, 0.3) is 23.2 Å². The second kappa shape index (κ2) is 4.97. The van der Waals surface area contributed by atoms with Gasteiger partial charge >= 0.3 is 5.97 Å². The van der Waals surface area contributed by atoms with Gasteiger partial charge in [0.05, 0.1) is 5.56 Å². The van der Waals surface area contributed by atoms with Crippen molar-refractivity contribution in [3.05, 3.63) is 59.2 Å². The van der Waals surface area contributed by atoms with Crippen molar-refractivity contribution in [1.29, 1.82) is 0 Å². The molecule has 0 atom stereocenters. The van der Waals surface area contributed by atoms with Gasteiger partial charge in [-0.2, -0.15) is 0 Å². The molecule has 0 spiro atoms.